The Balaban J connectivity index is 2.52. The van der Waals surface area contributed by atoms with E-state index in [4.69, 9.17) is 4.74 Å². The van der Waals surface area contributed by atoms with Gasteiger partial charge in [0.05, 0.1) is 6.54 Å². The number of nitrogens with zero attached hydrogens (tertiary/aromatic N) is 1. The van der Waals surface area contributed by atoms with Gasteiger partial charge in [-0.05, 0) is 27.7 Å². The fourth-order valence-corrected chi connectivity index (χ4v) is 1.49. The Kier molecular flexibility index (Phi) is 3.54. The molecule has 0 aromatic heterocycles. The zero-order valence-corrected chi connectivity index (χ0v) is 9.71. The predicted molar refractivity (Wildman–Crippen MR) is 55.3 cm³/mol. The maximum absolute atomic E-state index is 13.1. The molecule has 0 aliphatic carbocycles. The first-order chi connectivity index (χ1) is 6.78. The Hall–Kier alpha value is -0.840. The third-order valence-corrected chi connectivity index (χ3v) is 1.99. The highest BCUT2D eigenvalue weighted by molar-refractivity contribution is 5.68. The molecular formula is C10H19FN2O2. The Morgan fingerprint density at radius 2 is 2.07 bits per heavy atom. The number of amides is 1. The van der Waals surface area contributed by atoms with E-state index in [0.717, 1.165) is 0 Å². The fraction of sp³-hybridized carbons (Fsp3) is 0.900. The summed E-state index contributed by atoms with van der Waals surface area (Å²) in [6, 6.07) is -0.0405. The van der Waals surface area contributed by atoms with Gasteiger partial charge < -0.3 is 9.64 Å². The normalized spacial score (nSPS) is 27.7. The molecule has 1 fully saturated rings. The van der Waals surface area contributed by atoms with Crippen molar-refractivity contribution >= 4 is 6.09 Å². The number of carbonyl (C=O) groups is 1. The maximum Gasteiger partial charge on any atom is 0.410 e. The lowest BCUT2D eigenvalue weighted by molar-refractivity contribution is 0.00715. The number of piperazine rings is 1. The molecular weight excluding hydrogens is 199 g/mol. The third-order valence-electron chi connectivity index (χ3n) is 1.99. The minimum atomic E-state index is -1.17. The van der Waals surface area contributed by atoms with Gasteiger partial charge in [-0.1, -0.05) is 0 Å². The molecule has 1 heterocycles. The summed E-state index contributed by atoms with van der Waals surface area (Å²) in [7, 11) is 0. The molecule has 1 rings (SSSR count). The number of carbonyl (C=O) groups excluding carboxylic acids is 1. The Bertz CT molecular complexity index is 230. The lowest BCUT2D eigenvalue weighted by atomic mass is 10.2. The minimum absolute atomic E-state index is 0.0405. The molecule has 4 nitrogen and oxygen atoms in total. The molecule has 1 amide bonds. The van der Waals surface area contributed by atoms with Crippen molar-refractivity contribution < 1.29 is 13.9 Å². The van der Waals surface area contributed by atoms with E-state index in [0.29, 0.717) is 6.54 Å². The largest absolute Gasteiger partial charge is 0.444 e. The van der Waals surface area contributed by atoms with E-state index in [1.807, 2.05) is 6.92 Å². The van der Waals surface area contributed by atoms with Crippen LogP contribution >= 0.6 is 0 Å². The number of alkyl halides is 1. The highest BCUT2D eigenvalue weighted by Gasteiger charge is 2.29. The molecule has 2 atom stereocenters. The van der Waals surface area contributed by atoms with E-state index in [1.54, 1.807) is 20.8 Å². The van der Waals surface area contributed by atoms with Gasteiger partial charge in [-0.3, -0.25) is 5.32 Å². The first-order valence-corrected chi connectivity index (χ1v) is 5.16. The zero-order chi connectivity index (χ0) is 11.6. The number of rotatable bonds is 0. The van der Waals surface area contributed by atoms with Crippen LogP contribution in [0.4, 0.5) is 9.18 Å². The van der Waals surface area contributed by atoms with Crippen LogP contribution in [0.25, 0.3) is 0 Å². The van der Waals surface area contributed by atoms with E-state index in [1.165, 1.54) is 4.90 Å². The van der Waals surface area contributed by atoms with Gasteiger partial charge in [0, 0.05) is 12.6 Å². The molecule has 0 radical (unpaired) electrons. The molecule has 1 saturated heterocycles. The average molecular weight is 218 g/mol. The monoisotopic (exact) mass is 218 g/mol. The number of nitrogens with one attached hydrogen (secondary N) is 1. The molecule has 0 aromatic rings. The second kappa shape index (κ2) is 4.35. The molecule has 1 aliphatic heterocycles. The summed E-state index contributed by atoms with van der Waals surface area (Å²) in [6.45, 7) is 7.76. The van der Waals surface area contributed by atoms with Gasteiger partial charge in [-0.25, -0.2) is 9.18 Å². The van der Waals surface area contributed by atoms with Crippen LogP contribution in [0, 0.1) is 0 Å². The Morgan fingerprint density at radius 3 is 2.53 bits per heavy atom. The van der Waals surface area contributed by atoms with Crippen molar-refractivity contribution in [1.82, 2.24) is 10.2 Å². The molecule has 1 aliphatic rings. The SMILES string of the molecule is C[C@H]1CN(C(=O)OC(C)(C)C)C[C@H](F)N1. The van der Waals surface area contributed by atoms with E-state index in [2.05, 4.69) is 5.32 Å². The van der Waals surface area contributed by atoms with Crippen molar-refractivity contribution in [3.8, 4) is 0 Å². The lowest BCUT2D eigenvalue weighted by Gasteiger charge is -2.35. The van der Waals surface area contributed by atoms with Crippen LogP contribution in [0.1, 0.15) is 27.7 Å². The van der Waals surface area contributed by atoms with Gasteiger partial charge in [0.1, 0.15) is 5.60 Å². The first kappa shape index (κ1) is 12.2. The van der Waals surface area contributed by atoms with Crippen LogP contribution in [0.15, 0.2) is 0 Å². The Labute approximate surface area is 89.8 Å². The van der Waals surface area contributed by atoms with Crippen LogP contribution in [0.3, 0.4) is 0 Å². The lowest BCUT2D eigenvalue weighted by Crippen LogP contribution is -2.56. The van der Waals surface area contributed by atoms with Crippen LogP contribution in [-0.2, 0) is 4.74 Å². The average Bonchev–Trinajstić information content (AvgIpc) is 1.98. The quantitative estimate of drug-likeness (QED) is 0.627. The Morgan fingerprint density at radius 1 is 1.47 bits per heavy atom. The van der Waals surface area contributed by atoms with Crippen molar-refractivity contribution in [2.45, 2.75) is 45.6 Å². The van der Waals surface area contributed by atoms with Gasteiger partial charge >= 0.3 is 6.09 Å². The number of hydrogen-bond acceptors (Lipinski definition) is 3. The summed E-state index contributed by atoms with van der Waals surface area (Å²) < 4.78 is 18.3. The number of ether oxygens (including phenoxy) is 1. The van der Waals surface area contributed by atoms with E-state index < -0.39 is 18.0 Å². The molecule has 1 N–H and O–H groups in total. The topological polar surface area (TPSA) is 41.6 Å². The highest BCUT2D eigenvalue weighted by atomic mass is 19.1. The summed E-state index contributed by atoms with van der Waals surface area (Å²) >= 11 is 0. The van der Waals surface area contributed by atoms with Crippen molar-refractivity contribution in [1.29, 1.82) is 0 Å². The summed E-state index contributed by atoms with van der Waals surface area (Å²) in [5, 5.41) is 2.71. The third kappa shape index (κ3) is 4.03. The summed E-state index contributed by atoms with van der Waals surface area (Å²) in [6.07, 6.45) is -1.61. The van der Waals surface area contributed by atoms with E-state index >= 15 is 0 Å². The number of hydrogen-bond donors (Lipinski definition) is 1. The summed E-state index contributed by atoms with van der Waals surface area (Å²) in [4.78, 5) is 13.0. The molecule has 15 heavy (non-hydrogen) atoms. The van der Waals surface area contributed by atoms with Crippen molar-refractivity contribution in [3.63, 3.8) is 0 Å². The van der Waals surface area contributed by atoms with Crippen LogP contribution in [0.2, 0.25) is 0 Å². The maximum atomic E-state index is 13.1. The van der Waals surface area contributed by atoms with Gasteiger partial charge in [-0.2, -0.15) is 0 Å². The van der Waals surface area contributed by atoms with Crippen LogP contribution < -0.4 is 5.32 Å². The smallest absolute Gasteiger partial charge is 0.410 e. The summed E-state index contributed by atoms with van der Waals surface area (Å²) in [5.41, 5.74) is -0.531. The molecule has 0 aromatic carbocycles. The fourth-order valence-electron chi connectivity index (χ4n) is 1.49. The van der Waals surface area contributed by atoms with Crippen molar-refractivity contribution in [3.05, 3.63) is 0 Å². The standard InChI is InChI=1S/C10H19FN2O2/c1-7-5-13(6-8(11)12-7)9(14)15-10(2,3)4/h7-8,12H,5-6H2,1-4H3/t7-,8+/m0/s1. The van der Waals surface area contributed by atoms with Gasteiger partial charge in [0.15, 0.2) is 6.30 Å². The van der Waals surface area contributed by atoms with Crippen molar-refractivity contribution in [2.75, 3.05) is 13.1 Å². The highest BCUT2D eigenvalue weighted by Crippen LogP contribution is 2.13. The zero-order valence-electron chi connectivity index (χ0n) is 9.71. The first-order valence-electron chi connectivity index (χ1n) is 5.16. The number of halogens is 1. The molecule has 5 heteroatoms. The second-order valence-electron chi connectivity index (χ2n) is 4.92. The molecule has 0 spiro atoms. The van der Waals surface area contributed by atoms with Crippen LogP contribution in [0.5, 0.6) is 0 Å². The van der Waals surface area contributed by atoms with Crippen molar-refractivity contribution in [2.24, 2.45) is 0 Å². The molecule has 0 unspecified atom stereocenters. The van der Waals surface area contributed by atoms with E-state index in [9.17, 15) is 9.18 Å². The predicted octanol–water partition coefficient (Wildman–Crippen LogP) is 1.51. The van der Waals surface area contributed by atoms with Gasteiger partial charge in [0.2, 0.25) is 0 Å². The molecule has 88 valence electrons. The molecule has 0 saturated carbocycles. The van der Waals surface area contributed by atoms with E-state index in [-0.39, 0.29) is 12.6 Å². The van der Waals surface area contributed by atoms with Gasteiger partial charge in [-0.15, -0.1) is 0 Å². The minimum Gasteiger partial charge on any atom is -0.444 e. The molecule has 0 bridgehead atoms. The van der Waals surface area contributed by atoms with Crippen LogP contribution in [-0.4, -0.2) is 42.0 Å². The summed E-state index contributed by atoms with van der Waals surface area (Å²) in [5.74, 6) is 0. The second-order valence-corrected chi connectivity index (χ2v) is 4.92. The van der Waals surface area contributed by atoms with Gasteiger partial charge in [0.25, 0.3) is 0 Å².